The van der Waals surface area contributed by atoms with E-state index in [9.17, 15) is 4.79 Å². The Bertz CT molecular complexity index is 714. The fourth-order valence-electron chi connectivity index (χ4n) is 3.74. The Labute approximate surface area is 141 Å². The second-order valence-corrected chi connectivity index (χ2v) is 6.61. The van der Waals surface area contributed by atoms with Gasteiger partial charge in [-0.2, -0.15) is 0 Å². The lowest BCUT2D eigenvalue weighted by Gasteiger charge is -2.44. The van der Waals surface area contributed by atoms with Crippen molar-refractivity contribution < 1.29 is 13.9 Å². The van der Waals surface area contributed by atoms with E-state index in [1.54, 1.807) is 13.2 Å². The number of rotatable bonds is 4. The number of ether oxygens (including phenoxy) is 1. The fourth-order valence-corrected chi connectivity index (χ4v) is 3.74. The van der Waals surface area contributed by atoms with Crippen molar-refractivity contribution in [2.45, 2.75) is 18.9 Å². The summed E-state index contributed by atoms with van der Waals surface area (Å²) in [7, 11) is 1.64. The van der Waals surface area contributed by atoms with Crippen LogP contribution in [0.25, 0.3) is 11.3 Å². The predicted molar refractivity (Wildman–Crippen MR) is 91.1 cm³/mol. The van der Waals surface area contributed by atoms with Gasteiger partial charge in [0.25, 0.3) is 5.91 Å². The Kier molecular flexibility index (Phi) is 4.02. The molecule has 4 heterocycles. The first-order chi connectivity index (χ1) is 11.7. The molecule has 5 nitrogen and oxygen atoms in total. The van der Waals surface area contributed by atoms with Gasteiger partial charge in [-0.1, -0.05) is 0 Å². The average Bonchev–Trinajstić information content (AvgIpc) is 3.13. The van der Waals surface area contributed by atoms with E-state index in [1.807, 2.05) is 30.3 Å². The number of hydrogen-bond donors (Lipinski definition) is 1. The van der Waals surface area contributed by atoms with E-state index in [0.717, 1.165) is 17.9 Å². The van der Waals surface area contributed by atoms with Crippen LogP contribution in [0.5, 0.6) is 5.75 Å². The molecule has 3 saturated heterocycles. The van der Waals surface area contributed by atoms with Crippen molar-refractivity contribution in [3.8, 4) is 17.1 Å². The number of carbonyl (C=O) groups is 1. The molecule has 1 N–H and O–H groups in total. The largest absolute Gasteiger partial charge is 0.497 e. The van der Waals surface area contributed by atoms with Crippen LogP contribution in [0.4, 0.5) is 0 Å². The number of furan rings is 1. The number of hydrogen-bond acceptors (Lipinski definition) is 4. The highest BCUT2D eigenvalue weighted by Crippen LogP contribution is 2.28. The van der Waals surface area contributed by atoms with Crippen LogP contribution in [-0.4, -0.2) is 43.6 Å². The second-order valence-electron chi connectivity index (χ2n) is 6.61. The lowest BCUT2D eigenvalue weighted by Crippen LogP contribution is -2.57. The van der Waals surface area contributed by atoms with Crippen molar-refractivity contribution in [3.63, 3.8) is 0 Å². The first-order valence-corrected chi connectivity index (χ1v) is 8.50. The Morgan fingerprint density at radius 2 is 1.92 bits per heavy atom. The molecule has 0 spiro atoms. The molecule has 0 aliphatic carbocycles. The average molecular weight is 326 g/mol. The number of amides is 1. The van der Waals surface area contributed by atoms with Gasteiger partial charge in [-0.05, 0) is 68.2 Å². The molecular weight excluding hydrogens is 304 g/mol. The lowest BCUT2D eigenvalue weighted by molar-refractivity contribution is 0.0606. The highest BCUT2D eigenvalue weighted by molar-refractivity contribution is 5.92. The molecule has 1 amide bonds. The zero-order valence-corrected chi connectivity index (χ0v) is 13.8. The quantitative estimate of drug-likeness (QED) is 0.939. The third-order valence-corrected chi connectivity index (χ3v) is 5.18. The highest BCUT2D eigenvalue weighted by atomic mass is 16.5. The van der Waals surface area contributed by atoms with Gasteiger partial charge in [-0.15, -0.1) is 0 Å². The Morgan fingerprint density at radius 1 is 1.17 bits per heavy atom. The summed E-state index contributed by atoms with van der Waals surface area (Å²) in [4.78, 5) is 14.9. The molecule has 1 aromatic carbocycles. The van der Waals surface area contributed by atoms with E-state index < -0.39 is 0 Å². The van der Waals surface area contributed by atoms with Gasteiger partial charge in [0.15, 0.2) is 5.76 Å². The number of benzene rings is 1. The van der Waals surface area contributed by atoms with Crippen molar-refractivity contribution in [3.05, 3.63) is 42.2 Å². The number of carbonyl (C=O) groups excluding carboxylic acids is 1. The molecule has 0 saturated carbocycles. The monoisotopic (exact) mass is 326 g/mol. The molecule has 5 rings (SSSR count). The summed E-state index contributed by atoms with van der Waals surface area (Å²) in [5, 5.41) is 3.16. The molecule has 3 aliphatic heterocycles. The SMILES string of the molecule is COc1ccc(-c2ccc(C(=O)N[C@H]3CN4CCC3CC4)o2)cc1. The fraction of sp³-hybridized carbons (Fsp3) is 0.421. The van der Waals surface area contributed by atoms with E-state index in [1.165, 1.54) is 25.9 Å². The minimum atomic E-state index is -0.117. The van der Waals surface area contributed by atoms with E-state index in [-0.39, 0.29) is 11.9 Å². The minimum Gasteiger partial charge on any atom is -0.497 e. The van der Waals surface area contributed by atoms with Crippen LogP contribution in [0, 0.1) is 5.92 Å². The smallest absolute Gasteiger partial charge is 0.287 e. The van der Waals surface area contributed by atoms with Crippen molar-refractivity contribution in [2.75, 3.05) is 26.7 Å². The van der Waals surface area contributed by atoms with Crippen LogP contribution in [-0.2, 0) is 0 Å². The van der Waals surface area contributed by atoms with Gasteiger partial charge in [-0.3, -0.25) is 4.79 Å². The summed E-state index contributed by atoms with van der Waals surface area (Å²) in [6.07, 6.45) is 2.36. The second kappa shape index (κ2) is 6.32. The van der Waals surface area contributed by atoms with Gasteiger partial charge in [0, 0.05) is 18.2 Å². The van der Waals surface area contributed by atoms with Crippen LogP contribution in [0.1, 0.15) is 23.4 Å². The molecule has 24 heavy (non-hydrogen) atoms. The molecule has 3 aliphatic rings. The molecule has 0 unspecified atom stereocenters. The van der Waals surface area contributed by atoms with E-state index in [0.29, 0.717) is 17.4 Å². The van der Waals surface area contributed by atoms with Crippen LogP contribution in [0.3, 0.4) is 0 Å². The van der Waals surface area contributed by atoms with Crippen molar-refractivity contribution in [2.24, 2.45) is 5.92 Å². The Balaban J connectivity index is 1.44. The third kappa shape index (κ3) is 2.91. The van der Waals surface area contributed by atoms with E-state index in [4.69, 9.17) is 9.15 Å². The maximum atomic E-state index is 12.5. The molecule has 126 valence electrons. The standard InChI is InChI=1S/C19H22N2O3/c1-23-15-4-2-14(3-5-15)17-6-7-18(24-17)19(22)20-16-12-21-10-8-13(16)9-11-21/h2-7,13,16H,8-12H2,1H3,(H,20,22)/t16-/m0/s1. The van der Waals surface area contributed by atoms with Crippen LogP contribution >= 0.6 is 0 Å². The van der Waals surface area contributed by atoms with E-state index in [2.05, 4.69) is 10.2 Å². The first-order valence-electron chi connectivity index (χ1n) is 8.50. The van der Waals surface area contributed by atoms with Crippen LogP contribution < -0.4 is 10.1 Å². The predicted octanol–water partition coefficient (Wildman–Crippen LogP) is 2.78. The molecule has 0 radical (unpaired) electrons. The molecule has 2 aromatic rings. The van der Waals surface area contributed by atoms with Crippen molar-refractivity contribution >= 4 is 5.91 Å². The molecule has 1 aromatic heterocycles. The Hall–Kier alpha value is -2.27. The highest BCUT2D eigenvalue weighted by Gasteiger charge is 2.35. The van der Waals surface area contributed by atoms with Gasteiger partial charge in [-0.25, -0.2) is 0 Å². The van der Waals surface area contributed by atoms with Crippen LogP contribution in [0.2, 0.25) is 0 Å². The molecular formula is C19H22N2O3. The number of methoxy groups -OCH3 is 1. The van der Waals surface area contributed by atoms with Gasteiger partial charge in [0.1, 0.15) is 11.5 Å². The maximum absolute atomic E-state index is 12.5. The normalized spacial score (nSPS) is 25.5. The lowest BCUT2D eigenvalue weighted by atomic mass is 9.84. The zero-order chi connectivity index (χ0) is 16.5. The Morgan fingerprint density at radius 3 is 2.54 bits per heavy atom. The number of nitrogens with zero attached hydrogens (tertiary/aromatic N) is 1. The zero-order valence-electron chi connectivity index (χ0n) is 13.8. The summed E-state index contributed by atoms with van der Waals surface area (Å²) < 4.78 is 10.9. The molecule has 2 bridgehead atoms. The topological polar surface area (TPSA) is 54.7 Å². The summed E-state index contributed by atoms with van der Waals surface area (Å²) in [6.45, 7) is 3.29. The molecule has 1 atom stereocenters. The first kappa shape index (κ1) is 15.3. The number of piperidine rings is 3. The maximum Gasteiger partial charge on any atom is 0.287 e. The number of fused-ring (bicyclic) bond motifs is 3. The molecule has 5 heteroatoms. The summed E-state index contributed by atoms with van der Waals surface area (Å²) in [6, 6.07) is 11.4. The van der Waals surface area contributed by atoms with Gasteiger partial charge in [0.05, 0.1) is 7.11 Å². The van der Waals surface area contributed by atoms with Crippen LogP contribution in [0.15, 0.2) is 40.8 Å². The van der Waals surface area contributed by atoms with Crippen molar-refractivity contribution in [1.29, 1.82) is 0 Å². The third-order valence-electron chi connectivity index (χ3n) is 5.18. The van der Waals surface area contributed by atoms with E-state index >= 15 is 0 Å². The molecule has 3 fully saturated rings. The number of nitrogens with one attached hydrogen (secondary N) is 1. The minimum absolute atomic E-state index is 0.117. The van der Waals surface area contributed by atoms with Gasteiger partial charge < -0.3 is 19.4 Å². The van der Waals surface area contributed by atoms with Crippen molar-refractivity contribution in [1.82, 2.24) is 10.2 Å². The summed E-state index contributed by atoms with van der Waals surface area (Å²) >= 11 is 0. The summed E-state index contributed by atoms with van der Waals surface area (Å²) in [5.41, 5.74) is 0.928. The van der Waals surface area contributed by atoms with Gasteiger partial charge in [0.2, 0.25) is 0 Å². The summed E-state index contributed by atoms with van der Waals surface area (Å²) in [5.74, 6) is 2.35. The van der Waals surface area contributed by atoms with Gasteiger partial charge >= 0.3 is 0 Å².